The Morgan fingerprint density at radius 2 is 1.80 bits per heavy atom. The summed E-state index contributed by atoms with van der Waals surface area (Å²) in [4.78, 5) is 38.9. The average Bonchev–Trinajstić information content (AvgIpc) is 2.72. The number of allylic oxidation sites excluding steroid dienone is 1. The van der Waals surface area contributed by atoms with Crippen LogP contribution in [0.4, 0.5) is 0 Å². The van der Waals surface area contributed by atoms with Crippen molar-refractivity contribution in [2.45, 2.75) is 33.1 Å². The SMILES string of the molecule is CCOC(=O)C1=CC[C@H](c2cccc(Br)c2)[C@@](C#N)(C(=O)OCC)[C@@H]1C(=O)OCC. The van der Waals surface area contributed by atoms with Gasteiger partial charge in [-0.1, -0.05) is 34.1 Å². The second-order valence-electron chi connectivity index (χ2n) is 6.61. The van der Waals surface area contributed by atoms with E-state index in [1.165, 1.54) is 0 Å². The Labute approximate surface area is 184 Å². The Balaban J connectivity index is 2.78. The summed E-state index contributed by atoms with van der Waals surface area (Å²) >= 11 is 3.40. The molecule has 1 aromatic carbocycles. The van der Waals surface area contributed by atoms with Crippen LogP contribution in [-0.4, -0.2) is 37.7 Å². The monoisotopic (exact) mass is 477 g/mol. The second kappa shape index (κ2) is 10.4. The molecule has 0 unspecified atom stereocenters. The summed E-state index contributed by atoms with van der Waals surface area (Å²) < 4.78 is 16.3. The highest BCUT2D eigenvalue weighted by molar-refractivity contribution is 9.10. The van der Waals surface area contributed by atoms with Crippen LogP contribution in [0.2, 0.25) is 0 Å². The van der Waals surface area contributed by atoms with Gasteiger partial charge in [-0.2, -0.15) is 5.26 Å². The van der Waals surface area contributed by atoms with E-state index in [1.54, 1.807) is 45.0 Å². The summed E-state index contributed by atoms with van der Waals surface area (Å²) in [5.41, 5.74) is -1.39. The van der Waals surface area contributed by atoms with Crippen LogP contribution in [0.25, 0.3) is 0 Å². The van der Waals surface area contributed by atoms with Crippen molar-refractivity contribution in [2.75, 3.05) is 19.8 Å². The number of rotatable bonds is 7. The number of ether oxygens (including phenoxy) is 3. The summed E-state index contributed by atoms with van der Waals surface area (Å²) in [6.07, 6.45) is 1.73. The fourth-order valence-corrected chi connectivity index (χ4v) is 4.19. The molecule has 0 fully saturated rings. The van der Waals surface area contributed by atoms with Gasteiger partial charge in [0, 0.05) is 16.0 Å². The van der Waals surface area contributed by atoms with Crippen LogP contribution < -0.4 is 0 Å². The van der Waals surface area contributed by atoms with Crippen molar-refractivity contribution in [1.29, 1.82) is 5.26 Å². The normalized spacial score (nSPS) is 23.0. The van der Waals surface area contributed by atoms with Crippen molar-refractivity contribution in [3.8, 4) is 6.07 Å². The zero-order valence-corrected chi connectivity index (χ0v) is 18.7. The summed E-state index contributed by atoms with van der Waals surface area (Å²) in [6.45, 7) is 4.98. The molecule has 2 rings (SSSR count). The molecule has 0 spiro atoms. The molecule has 0 N–H and O–H groups in total. The Morgan fingerprint density at radius 1 is 1.13 bits per heavy atom. The van der Waals surface area contributed by atoms with Crippen LogP contribution in [-0.2, 0) is 28.6 Å². The van der Waals surface area contributed by atoms with Gasteiger partial charge >= 0.3 is 17.9 Å². The third kappa shape index (κ3) is 4.41. The van der Waals surface area contributed by atoms with Crippen LogP contribution >= 0.6 is 15.9 Å². The topological polar surface area (TPSA) is 103 Å². The first-order valence-corrected chi connectivity index (χ1v) is 10.5. The van der Waals surface area contributed by atoms with Gasteiger partial charge < -0.3 is 14.2 Å². The Morgan fingerprint density at radius 3 is 2.37 bits per heavy atom. The first kappa shape index (κ1) is 23.6. The minimum Gasteiger partial charge on any atom is -0.465 e. The number of nitrogens with zero attached hydrogens (tertiary/aromatic N) is 1. The molecule has 0 radical (unpaired) electrons. The lowest BCUT2D eigenvalue weighted by Crippen LogP contribution is -2.51. The van der Waals surface area contributed by atoms with E-state index in [-0.39, 0.29) is 31.8 Å². The lowest BCUT2D eigenvalue weighted by atomic mass is 9.58. The highest BCUT2D eigenvalue weighted by Gasteiger charge is 2.61. The molecule has 0 saturated carbocycles. The van der Waals surface area contributed by atoms with Gasteiger partial charge in [0.05, 0.1) is 25.9 Å². The summed E-state index contributed by atoms with van der Waals surface area (Å²) in [6, 6.07) is 9.18. The number of benzene rings is 1. The first-order valence-electron chi connectivity index (χ1n) is 9.74. The molecule has 0 aliphatic heterocycles. The number of esters is 3. The Kier molecular flexibility index (Phi) is 8.18. The molecular formula is C22H24BrNO6. The van der Waals surface area contributed by atoms with Crippen LogP contribution in [0, 0.1) is 22.7 Å². The van der Waals surface area contributed by atoms with Gasteiger partial charge in [-0.3, -0.25) is 9.59 Å². The van der Waals surface area contributed by atoms with Crippen LogP contribution in [0.15, 0.2) is 40.4 Å². The first-order chi connectivity index (χ1) is 14.4. The number of nitriles is 1. The van der Waals surface area contributed by atoms with Crippen molar-refractivity contribution in [3.05, 3.63) is 46.0 Å². The summed E-state index contributed by atoms with van der Waals surface area (Å²) in [5.74, 6) is -4.67. The predicted molar refractivity (Wildman–Crippen MR) is 111 cm³/mol. The minimum absolute atomic E-state index is 0.0153. The summed E-state index contributed by atoms with van der Waals surface area (Å²) in [5, 5.41) is 10.3. The number of hydrogen-bond acceptors (Lipinski definition) is 7. The van der Waals surface area contributed by atoms with Crippen molar-refractivity contribution < 1.29 is 28.6 Å². The lowest BCUT2D eigenvalue weighted by molar-refractivity contribution is -0.167. The smallest absolute Gasteiger partial charge is 0.334 e. The zero-order valence-electron chi connectivity index (χ0n) is 17.1. The molecule has 0 bridgehead atoms. The molecule has 0 amide bonds. The fourth-order valence-electron chi connectivity index (χ4n) is 3.77. The average molecular weight is 478 g/mol. The third-order valence-electron chi connectivity index (χ3n) is 4.97. The third-order valence-corrected chi connectivity index (χ3v) is 5.47. The molecule has 8 heteroatoms. The molecule has 3 atom stereocenters. The Hall–Kier alpha value is -2.66. The van der Waals surface area contributed by atoms with E-state index >= 15 is 0 Å². The van der Waals surface area contributed by atoms with E-state index in [0.29, 0.717) is 5.56 Å². The largest absolute Gasteiger partial charge is 0.465 e. The van der Waals surface area contributed by atoms with Gasteiger partial charge in [0.25, 0.3) is 0 Å². The highest BCUT2D eigenvalue weighted by Crippen LogP contribution is 2.52. The van der Waals surface area contributed by atoms with Crippen molar-refractivity contribution in [2.24, 2.45) is 11.3 Å². The number of halogens is 1. The number of carbonyl (C=O) groups is 3. The number of carbonyl (C=O) groups excluding carboxylic acids is 3. The molecule has 1 aromatic rings. The second-order valence-corrected chi connectivity index (χ2v) is 7.53. The highest BCUT2D eigenvalue weighted by atomic mass is 79.9. The maximum absolute atomic E-state index is 13.2. The van der Waals surface area contributed by atoms with Crippen LogP contribution in [0.1, 0.15) is 38.7 Å². The van der Waals surface area contributed by atoms with Gasteiger partial charge in [0.1, 0.15) is 5.92 Å². The van der Waals surface area contributed by atoms with Gasteiger partial charge in [0.2, 0.25) is 0 Å². The lowest BCUT2D eigenvalue weighted by Gasteiger charge is -2.41. The van der Waals surface area contributed by atoms with E-state index in [9.17, 15) is 19.6 Å². The zero-order chi connectivity index (χ0) is 22.3. The molecule has 1 aliphatic rings. The van der Waals surface area contributed by atoms with Gasteiger partial charge in [-0.25, -0.2) is 4.79 Å². The molecule has 1 aliphatic carbocycles. The predicted octanol–water partition coefficient (Wildman–Crippen LogP) is 3.68. The van der Waals surface area contributed by atoms with E-state index in [4.69, 9.17) is 14.2 Å². The van der Waals surface area contributed by atoms with Gasteiger partial charge in [-0.15, -0.1) is 0 Å². The van der Waals surface area contributed by atoms with Crippen LogP contribution in [0.5, 0.6) is 0 Å². The van der Waals surface area contributed by atoms with E-state index in [1.807, 2.05) is 12.1 Å². The summed E-state index contributed by atoms with van der Waals surface area (Å²) in [7, 11) is 0. The van der Waals surface area contributed by atoms with Crippen molar-refractivity contribution in [1.82, 2.24) is 0 Å². The maximum Gasteiger partial charge on any atom is 0.334 e. The van der Waals surface area contributed by atoms with Gasteiger partial charge in [-0.05, 0) is 44.9 Å². The van der Waals surface area contributed by atoms with E-state index in [0.717, 1.165) is 4.47 Å². The molecule has 0 aromatic heterocycles. The fraction of sp³-hybridized carbons (Fsp3) is 0.455. The van der Waals surface area contributed by atoms with Gasteiger partial charge in [0.15, 0.2) is 5.41 Å². The molecule has 30 heavy (non-hydrogen) atoms. The molecule has 0 saturated heterocycles. The number of hydrogen-bond donors (Lipinski definition) is 0. The minimum atomic E-state index is -1.99. The molecule has 7 nitrogen and oxygen atoms in total. The van der Waals surface area contributed by atoms with E-state index < -0.39 is 35.2 Å². The Bertz CT molecular complexity index is 890. The molecule has 160 valence electrons. The maximum atomic E-state index is 13.2. The molecule has 0 heterocycles. The quantitative estimate of drug-likeness (QED) is 0.435. The molecular weight excluding hydrogens is 454 g/mol. The van der Waals surface area contributed by atoms with Crippen molar-refractivity contribution in [3.63, 3.8) is 0 Å². The standard InChI is InChI=1S/C22H24BrNO6/c1-4-28-19(25)16-10-11-17(14-8-7-9-15(23)12-14)22(13-24,21(27)30-6-3)18(16)20(26)29-5-2/h7-10,12,17-18H,4-6,11H2,1-3H3/t17-,18+,22-/m1/s1. The van der Waals surface area contributed by atoms with E-state index in [2.05, 4.69) is 15.9 Å². The van der Waals surface area contributed by atoms with Crippen molar-refractivity contribution >= 4 is 33.8 Å². The van der Waals surface area contributed by atoms with Crippen LogP contribution in [0.3, 0.4) is 0 Å².